The number of hydrogen-bond donors (Lipinski definition) is 1. The van der Waals surface area contributed by atoms with Crippen LogP contribution in [0.1, 0.15) is 31.4 Å². The molecule has 0 aromatic heterocycles. The van der Waals surface area contributed by atoms with Crippen LogP contribution in [0.4, 0.5) is 18.9 Å². The average Bonchev–Trinajstić information content (AvgIpc) is 2.93. The zero-order valence-corrected chi connectivity index (χ0v) is 24.3. The fraction of sp³-hybridized carbons (Fsp3) is 0.286. The second-order valence-corrected chi connectivity index (χ2v) is 11.8. The highest BCUT2D eigenvalue weighted by atomic mass is 79.9. The molecule has 2 amide bonds. The summed E-state index contributed by atoms with van der Waals surface area (Å²) < 4.78 is 69.4. The van der Waals surface area contributed by atoms with Gasteiger partial charge in [-0.15, -0.1) is 0 Å². The summed E-state index contributed by atoms with van der Waals surface area (Å²) in [5, 5.41) is 2.73. The zero-order chi connectivity index (χ0) is 29.5. The molecule has 40 heavy (non-hydrogen) atoms. The number of benzene rings is 3. The van der Waals surface area contributed by atoms with Crippen molar-refractivity contribution in [3.8, 4) is 0 Å². The van der Waals surface area contributed by atoms with Crippen molar-refractivity contribution >= 4 is 43.5 Å². The molecule has 0 heterocycles. The van der Waals surface area contributed by atoms with E-state index in [-0.39, 0.29) is 17.1 Å². The summed E-state index contributed by atoms with van der Waals surface area (Å²) in [6.07, 6.45) is -4.07. The minimum absolute atomic E-state index is 0.0331. The Kier molecular flexibility index (Phi) is 10.4. The van der Waals surface area contributed by atoms with Gasteiger partial charge in [0.05, 0.1) is 16.1 Å². The fourth-order valence-electron chi connectivity index (χ4n) is 3.85. The first kappa shape index (κ1) is 31.2. The first-order valence-electron chi connectivity index (χ1n) is 12.4. The van der Waals surface area contributed by atoms with Gasteiger partial charge in [0.1, 0.15) is 12.6 Å². The molecule has 0 unspecified atom stereocenters. The molecule has 0 aliphatic rings. The summed E-state index contributed by atoms with van der Waals surface area (Å²) >= 11 is 3.35. The van der Waals surface area contributed by atoms with Crippen LogP contribution >= 0.6 is 15.9 Å². The van der Waals surface area contributed by atoms with Crippen LogP contribution in [-0.2, 0) is 32.3 Å². The summed E-state index contributed by atoms with van der Waals surface area (Å²) in [4.78, 5) is 27.7. The van der Waals surface area contributed by atoms with Crippen LogP contribution in [0.2, 0.25) is 0 Å². The highest BCUT2D eigenvalue weighted by Gasteiger charge is 2.35. The third-order valence-electron chi connectivity index (χ3n) is 6.05. The quantitative estimate of drug-likeness (QED) is 0.296. The van der Waals surface area contributed by atoms with Gasteiger partial charge in [0, 0.05) is 17.6 Å². The van der Waals surface area contributed by atoms with Gasteiger partial charge in [0.25, 0.3) is 10.0 Å². The minimum Gasteiger partial charge on any atom is -0.354 e. The standard InChI is InChI=1S/C28H29BrF3N3O4S/c1-3-16-33-27(37)20(2)34(18-21-12-14-23(29)15-13-21)26(36)19-35(40(38,39)25-10-5-4-6-11-25)24-9-7-8-22(17-24)28(30,31)32/h4-15,17,20H,3,16,18-19H2,1-2H3,(H,33,37)/t20-/m0/s1. The maximum atomic E-state index is 13.8. The van der Waals surface area contributed by atoms with Crippen LogP contribution in [0.15, 0.2) is 88.2 Å². The smallest absolute Gasteiger partial charge is 0.354 e. The molecule has 0 saturated heterocycles. The molecular formula is C28H29BrF3N3O4S. The number of anilines is 1. The molecule has 3 rings (SSSR count). The molecule has 1 atom stereocenters. The molecule has 214 valence electrons. The Morgan fingerprint density at radius 3 is 2.23 bits per heavy atom. The second-order valence-electron chi connectivity index (χ2n) is 8.99. The number of rotatable bonds is 11. The lowest BCUT2D eigenvalue weighted by atomic mass is 10.1. The molecule has 0 radical (unpaired) electrons. The third-order valence-corrected chi connectivity index (χ3v) is 8.37. The number of carbonyl (C=O) groups is 2. The van der Waals surface area contributed by atoms with Crippen molar-refractivity contribution in [1.29, 1.82) is 0 Å². The van der Waals surface area contributed by atoms with Crippen molar-refractivity contribution in [1.82, 2.24) is 10.2 Å². The molecule has 3 aromatic carbocycles. The first-order valence-corrected chi connectivity index (χ1v) is 14.6. The van der Waals surface area contributed by atoms with Crippen LogP contribution in [-0.4, -0.2) is 44.3 Å². The first-order chi connectivity index (χ1) is 18.8. The Labute approximate surface area is 240 Å². The molecule has 12 heteroatoms. The lowest BCUT2D eigenvalue weighted by Crippen LogP contribution is -2.51. The van der Waals surface area contributed by atoms with Crippen LogP contribution in [0.3, 0.4) is 0 Å². The van der Waals surface area contributed by atoms with E-state index in [2.05, 4.69) is 21.2 Å². The predicted molar refractivity (Wildman–Crippen MR) is 150 cm³/mol. The topological polar surface area (TPSA) is 86.8 Å². The summed E-state index contributed by atoms with van der Waals surface area (Å²) in [7, 11) is -4.47. The zero-order valence-electron chi connectivity index (χ0n) is 21.9. The maximum Gasteiger partial charge on any atom is 0.416 e. The highest BCUT2D eigenvalue weighted by molar-refractivity contribution is 9.10. The van der Waals surface area contributed by atoms with Gasteiger partial charge in [-0.25, -0.2) is 8.42 Å². The van der Waals surface area contributed by atoms with Gasteiger partial charge in [0.2, 0.25) is 11.8 Å². The van der Waals surface area contributed by atoms with E-state index in [9.17, 15) is 31.2 Å². The van der Waals surface area contributed by atoms with Gasteiger partial charge in [-0.2, -0.15) is 13.2 Å². The van der Waals surface area contributed by atoms with Crippen LogP contribution in [0, 0.1) is 0 Å². The Hall–Kier alpha value is -3.38. The summed E-state index contributed by atoms with van der Waals surface area (Å²) in [6, 6.07) is 16.9. The molecule has 1 N–H and O–H groups in total. The number of alkyl halides is 3. The Balaban J connectivity index is 2.06. The molecule has 7 nitrogen and oxygen atoms in total. The lowest BCUT2D eigenvalue weighted by molar-refractivity contribution is -0.139. The molecule has 0 bridgehead atoms. The van der Waals surface area contributed by atoms with Crippen LogP contribution < -0.4 is 9.62 Å². The SMILES string of the molecule is CCCNC(=O)[C@H](C)N(Cc1ccc(Br)cc1)C(=O)CN(c1cccc(C(F)(F)F)c1)S(=O)(=O)c1ccccc1. The van der Waals surface area contributed by atoms with Gasteiger partial charge < -0.3 is 10.2 Å². The monoisotopic (exact) mass is 639 g/mol. The van der Waals surface area contributed by atoms with E-state index in [0.717, 1.165) is 16.6 Å². The van der Waals surface area contributed by atoms with E-state index in [0.29, 0.717) is 28.9 Å². The molecule has 0 aliphatic heterocycles. The number of halogens is 4. The molecule has 0 saturated carbocycles. The number of carbonyl (C=O) groups excluding carboxylic acids is 2. The number of hydrogen-bond acceptors (Lipinski definition) is 4. The summed E-state index contributed by atoms with van der Waals surface area (Å²) in [5.74, 6) is -1.21. The third kappa shape index (κ3) is 7.85. The van der Waals surface area contributed by atoms with E-state index in [1.165, 1.54) is 42.2 Å². The van der Waals surface area contributed by atoms with Gasteiger partial charge in [-0.1, -0.05) is 59.3 Å². The van der Waals surface area contributed by atoms with Crippen molar-refractivity contribution in [2.24, 2.45) is 0 Å². The van der Waals surface area contributed by atoms with Gasteiger partial charge in [-0.3, -0.25) is 13.9 Å². The number of sulfonamides is 1. The number of amides is 2. The van der Waals surface area contributed by atoms with E-state index in [4.69, 9.17) is 0 Å². The van der Waals surface area contributed by atoms with Gasteiger partial charge in [0.15, 0.2) is 0 Å². The Bertz CT molecular complexity index is 1420. The van der Waals surface area contributed by atoms with Crippen LogP contribution in [0.25, 0.3) is 0 Å². The second kappa shape index (κ2) is 13.3. The summed E-state index contributed by atoms with van der Waals surface area (Å²) in [6.45, 7) is 2.90. The fourth-order valence-corrected chi connectivity index (χ4v) is 5.54. The highest BCUT2D eigenvalue weighted by Crippen LogP contribution is 2.33. The minimum atomic E-state index is -4.73. The molecular weight excluding hydrogens is 611 g/mol. The van der Waals surface area contributed by atoms with E-state index < -0.39 is 46.2 Å². The lowest BCUT2D eigenvalue weighted by Gasteiger charge is -2.32. The molecule has 0 spiro atoms. The molecule has 0 fully saturated rings. The number of nitrogens with zero attached hydrogens (tertiary/aromatic N) is 2. The largest absolute Gasteiger partial charge is 0.416 e. The maximum absolute atomic E-state index is 13.8. The molecule has 3 aromatic rings. The Morgan fingerprint density at radius 1 is 0.975 bits per heavy atom. The van der Waals surface area contributed by atoms with Crippen molar-refractivity contribution in [2.75, 3.05) is 17.4 Å². The summed E-state index contributed by atoms with van der Waals surface area (Å²) in [5.41, 5.74) is -0.730. The van der Waals surface area contributed by atoms with Crippen molar-refractivity contribution in [2.45, 2.75) is 43.9 Å². The van der Waals surface area contributed by atoms with Crippen molar-refractivity contribution in [3.05, 3.63) is 94.5 Å². The van der Waals surface area contributed by atoms with E-state index >= 15 is 0 Å². The van der Waals surface area contributed by atoms with Gasteiger partial charge in [-0.05, 0) is 61.4 Å². The van der Waals surface area contributed by atoms with Crippen molar-refractivity contribution in [3.63, 3.8) is 0 Å². The predicted octanol–water partition coefficient (Wildman–Crippen LogP) is 5.61. The van der Waals surface area contributed by atoms with E-state index in [1.54, 1.807) is 30.3 Å². The average molecular weight is 641 g/mol. The van der Waals surface area contributed by atoms with Crippen LogP contribution in [0.5, 0.6) is 0 Å². The molecule has 0 aliphatic carbocycles. The normalized spacial score (nSPS) is 12.4. The Morgan fingerprint density at radius 2 is 1.62 bits per heavy atom. The van der Waals surface area contributed by atoms with Gasteiger partial charge >= 0.3 is 6.18 Å². The van der Waals surface area contributed by atoms with E-state index in [1.807, 2.05) is 6.92 Å². The number of nitrogens with one attached hydrogen (secondary N) is 1. The van der Waals surface area contributed by atoms with Crippen molar-refractivity contribution < 1.29 is 31.2 Å².